The summed E-state index contributed by atoms with van der Waals surface area (Å²) in [6.07, 6.45) is 0. The molecule has 0 unspecified atom stereocenters. The fraction of sp³-hybridized carbons (Fsp3) is 0.500. The van der Waals surface area contributed by atoms with Crippen LogP contribution in [-0.4, -0.2) is 43.2 Å². The quantitative estimate of drug-likeness (QED) is 0.877. The SMILES string of the molecule is C[C@H](N)C(=O)Nc1ccc(CN2CCOCC2)cc1.Cl.Cl. The van der Waals surface area contributed by atoms with Gasteiger partial charge in [0.1, 0.15) is 0 Å². The van der Waals surface area contributed by atoms with Gasteiger partial charge in [0.05, 0.1) is 19.3 Å². The highest BCUT2D eigenvalue weighted by molar-refractivity contribution is 5.94. The van der Waals surface area contributed by atoms with E-state index in [-0.39, 0.29) is 30.7 Å². The van der Waals surface area contributed by atoms with Crippen molar-refractivity contribution in [1.82, 2.24) is 4.90 Å². The largest absolute Gasteiger partial charge is 0.379 e. The Morgan fingerprint density at radius 2 is 1.86 bits per heavy atom. The molecule has 1 aromatic carbocycles. The highest BCUT2D eigenvalue weighted by Crippen LogP contribution is 2.12. The van der Waals surface area contributed by atoms with E-state index < -0.39 is 6.04 Å². The molecule has 0 radical (unpaired) electrons. The summed E-state index contributed by atoms with van der Waals surface area (Å²) in [6, 6.07) is 7.40. The van der Waals surface area contributed by atoms with Crippen LogP contribution in [0.25, 0.3) is 0 Å². The van der Waals surface area contributed by atoms with Crippen LogP contribution in [0.4, 0.5) is 5.69 Å². The highest BCUT2D eigenvalue weighted by Gasteiger charge is 2.11. The van der Waals surface area contributed by atoms with Crippen LogP contribution < -0.4 is 11.1 Å². The number of nitrogens with two attached hydrogens (primary N) is 1. The fourth-order valence-corrected chi connectivity index (χ4v) is 1.97. The third-order valence-corrected chi connectivity index (χ3v) is 3.14. The first kappa shape index (κ1) is 20.1. The molecule has 1 heterocycles. The molecule has 21 heavy (non-hydrogen) atoms. The fourth-order valence-electron chi connectivity index (χ4n) is 1.97. The van der Waals surface area contributed by atoms with Crippen molar-refractivity contribution in [2.45, 2.75) is 19.5 Å². The van der Waals surface area contributed by atoms with Crippen LogP contribution in [0.2, 0.25) is 0 Å². The molecule has 3 N–H and O–H groups in total. The number of amides is 1. The maximum Gasteiger partial charge on any atom is 0.240 e. The van der Waals surface area contributed by atoms with Gasteiger partial charge in [-0.15, -0.1) is 24.8 Å². The van der Waals surface area contributed by atoms with Gasteiger partial charge in [0.2, 0.25) is 5.91 Å². The Bertz CT molecular complexity index is 421. The molecule has 7 heteroatoms. The van der Waals surface area contributed by atoms with E-state index in [2.05, 4.69) is 10.2 Å². The second-order valence-corrected chi connectivity index (χ2v) is 4.86. The van der Waals surface area contributed by atoms with Crippen LogP contribution >= 0.6 is 24.8 Å². The minimum atomic E-state index is -0.493. The number of halogens is 2. The van der Waals surface area contributed by atoms with Gasteiger partial charge in [-0.25, -0.2) is 0 Å². The van der Waals surface area contributed by atoms with E-state index in [4.69, 9.17) is 10.5 Å². The van der Waals surface area contributed by atoms with Gasteiger partial charge >= 0.3 is 0 Å². The molecule has 120 valence electrons. The summed E-state index contributed by atoms with van der Waals surface area (Å²) >= 11 is 0. The number of benzene rings is 1. The molecule has 0 saturated carbocycles. The average molecular weight is 336 g/mol. The maximum atomic E-state index is 11.5. The molecule has 5 nitrogen and oxygen atoms in total. The van der Waals surface area contributed by atoms with Crippen LogP contribution in [0.3, 0.4) is 0 Å². The van der Waals surface area contributed by atoms with Gasteiger partial charge in [0, 0.05) is 25.3 Å². The Morgan fingerprint density at radius 1 is 1.29 bits per heavy atom. The summed E-state index contributed by atoms with van der Waals surface area (Å²) in [5.41, 5.74) is 7.53. The normalized spacial score (nSPS) is 16.3. The molecule has 1 amide bonds. The summed E-state index contributed by atoms with van der Waals surface area (Å²) in [5, 5.41) is 2.77. The second kappa shape index (κ2) is 9.97. The molecule has 1 aliphatic rings. The summed E-state index contributed by atoms with van der Waals surface area (Å²) in [4.78, 5) is 13.8. The van der Waals surface area contributed by atoms with Crippen molar-refractivity contribution in [3.63, 3.8) is 0 Å². The zero-order valence-corrected chi connectivity index (χ0v) is 13.7. The third-order valence-electron chi connectivity index (χ3n) is 3.14. The average Bonchev–Trinajstić information content (AvgIpc) is 2.42. The molecule has 0 spiro atoms. The topological polar surface area (TPSA) is 67.6 Å². The van der Waals surface area contributed by atoms with Crippen molar-refractivity contribution in [3.05, 3.63) is 29.8 Å². The number of morpholine rings is 1. The number of nitrogens with zero attached hydrogens (tertiary/aromatic N) is 1. The van der Waals surface area contributed by atoms with Crippen LogP contribution in [0.15, 0.2) is 24.3 Å². The maximum absolute atomic E-state index is 11.5. The van der Waals surface area contributed by atoms with Crippen molar-refractivity contribution in [3.8, 4) is 0 Å². The van der Waals surface area contributed by atoms with Crippen molar-refractivity contribution in [1.29, 1.82) is 0 Å². The Hall–Kier alpha value is -0.850. The van der Waals surface area contributed by atoms with E-state index in [1.807, 2.05) is 24.3 Å². The van der Waals surface area contributed by atoms with Gasteiger partial charge in [-0.3, -0.25) is 9.69 Å². The lowest BCUT2D eigenvalue weighted by atomic mass is 10.2. The Kier molecular flexibility index (Phi) is 9.57. The second-order valence-electron chi connectivity index (χ2n) is 4.86. The van der Waals surface area contributed by atoms with E-state index in [0.717, 1.165) is 38.5 Å². The number of hydrogen-bond donors (Lipinski definition) is 2. The van der Waals surface area contributed by atoms with Gasteiger partial charge in [-0.2, -0.15) is 0 Å². The van der Waals surface area contributed by atoms with Crippen molar-refractivity contribution in [2.24, 2.45) is 5.73 Å². The molecule has 2 rings (SSSR count). The van der Waals surface area contributed by atoms with Crippen LogP contribution in [0, 0.1) is 0 Å². The van der Waals surface area contributed by atoms with E-state index >= 15 is 0 Å². The molecule has 1 aromatic rings. The van der Waals surface area contributed by atoms with Crippen LogP contribution in [-0.2, 0) is 16.1 Å². The molecule has 0 bridgehead atoms. The number of ether oxygens (including phenoxy) is 1. The Balaban J connectivity index is 0.00000200. The first-order valence-electron chi connectivity index (χ1n) is 6.60. The monoisotopic (exact) mass is 335 g/mol. The van der Waals surface area contributed by atoms with E-state index in [1.54, 1.807) is 6.92 Å². The standard InChI is InChI=1S/C14H21N3O2.2ClH/c1-11(15)14(18)16-13-4-2-12(3-5-13)10-17-6-8-19-9-7-17;;/h2-5,11H,6-10,15H2,1H3,(H,16,18);2*1H/t11-;;/m0../s1. The Morgan fingerprint density at radius 3 is 2.38 bits per heavy atom. The van der Waals surface area contributed by atoms with Gasteiger partial charge in [0.15, 0.2) is 0 Å². The molecule has 0 aromatic heterocycles. The summed E-state index contributed by atoms with van der Waals surface area (Å²) in [5.74, 6) is -0.166. The molecule has 1 saturated heterocycles. The number of anilines is 1. The van der Waals surface area contributed by atoms with Gasteiger partial charge in [-0.1, -0.05) is 12.1 Å². The zero-order valence-electron chi connectivity index (χ0n) is 12.1. The number of nitrogens with one attached hydrogen (secondary N) is 1. The van der Waals surface area contributed by atoms with E-state index in [1.165, 1.54) is 5.56 Å². The number of hydrogen-bond acceptors (Lipinski definition) is 4. The van der Waals surface area contributed by atoms with Crippen LogP contribution in [0.5, 0.6) is 0 Å². The molecule has 1 aliphatic heterocycles. The van der Waals surface area contributed by atoms with Crippen molar-refractivity contribution in [2.75, 3.05) is 31.6 Å². The number of carbonyl (C=O) groups is 1. The number of rotatable bonds is 4. The summed E-state index contributed by atoms with van der Waals surface area (Å²) in [6.45, 7) is 6.16. The predicted octanol–water partition coefficient (Wildman–Crippen LogP) is 1.65. The lowest BCUT2D eigenvalue weighted by Gasteiger charge is -2.26. The molecule has 1 atom stereocenters. The molecular formula is C14H23Cl2N3O2. The smallest absolute Gasteiger partial charge is 0.240 e. The number of carbonyl (C=O) groups excluding carboxylic acids is 1. The highest BCUT2D eigenvalue weighted by atomic mass is 35.5. The van der Waals surface area contributed by atoms with Gasteiger partial charge < -0.3 is 15.8 Å². The third kappa shape index (κ3) is 6.63. The molecule has 1 fully saturated rings. The van der Waals surface area contributed by atoms with Crippen molar-refractivity contribution < 1.29 is 9.53 Å². The lowest BCUT2D eigenvalue weighted by molar-refractivity contribution is -0.117. The van der Waals surface area contributed by atoms with Crippen molar-refractivity contribution >= 4 is 36.4 Å². The van der Waals surface area contributed by atoms with E-state index in [9.17, 15) is 4.79 Å². The minimum absolute atomic E-state index is 0. The molecule has 0 aliphatic carbocycles. The predicted molar refractivity (Wildman–Crippen MR) is 89.3 cm³/mol. The first-order valence-corrected chi connectivity index (χ1v) is 6.60. The van der Waals surface area contributed by atoms with Crippen LogP contribution in [0.1, 0.15) is 12.5 Å². The summed E-state index contributed by atoms with van der Waals surface area (Å²) in [7, 11) is 0. The van der Waals surface area contributed by atoms with E-state index in [0.29, 0.717) is 0 Å². The molecular weight excluding hydrogens is 313 g/mol. The zero-order chi connectivity index (χ0) is 13.7. The Labute approximate surface area is 138 Å². The van der Waals surface area contributed by atoms with Gasteiger partial charge in [0.25, 0.3) is 0 Å². The lowest BCUT2D eigenvalue weighted by Crippen LogP contribution is -2.35. The summed E-state index contributed by atoms with van der Waals surface area (Å²) < 4.78 is 5.32. The van der Waals surface area contributed by atoms with Gasteiger partial charge in [-0.05, 0) is 24.6 Å². The first-order chi connectivity index (χ1) is 9.15. The minimum Gasteiger partial charge on any atom is -0.379 e.